The zero-order chi connectivity index (χ0) is 57.0. The number of hydrogen-bond donors (Lipinski definition) is 0. The SMILES string of the molecule is CC/C=C\C/C=C\C/C=C\C/C=C\C/C=C\C/C=C\CCC(=O)OC(COC(=O)CCCCCCCCCCCCCCCCCCCCCCCCCCCCCCCCCCCCC)COP(=O)([O-])OCC[N+](C)(C)C. The molecule has 0 saturated carbocycles. The van der Waals surface area contributed by atoms with Crippen LogP contribution in [0.5, 0.6) is 0 Å². The average Bonchev–Trinajstić information content (AvgIpc) is 3.41. The first-order chi connectivity index (χ1) is 38.0. The van der Waals surface area contributed by atoms with E-state index in [9.17, 15) is 19.0 Å². The Balaban J connectivity index is 4.02. The number of allylic oxidation sites excluding steroid dienone is 12. The predicted octanol–water partition coefficient (Wildman–Crippen LogP) is 20.2. The van der Waals surface area contributed by atoms with Gasteiger partial charge in [0.15, 0.2) is 6.10 Å². The minimum Gasteiger partial charge on any atom is -0.756 e. The second-order valence-electron chi connectivity index (χ2n) is 23.1. The number of esters is 2. The van der Waals surface area contributed by atoms with Gasteiger partial charge in [-0.05, 0) is 51.4 Å². The monoisotopic (exact) mass is 1110 g/mol. The van der Waals surface area contributed by atoms with Crippen molar-refractivity contribution in [2.24, 2.45) is 0 Å². The van der Waals surface area contributed by atoms with Crippen LogP contribution in [0.15, 0.2) is 72.9 Å². The summed E-state index contributed by atoms with van der Waals surface area (Å²) in [6, 6.07) is 0. The number of rotatable bonds is 60. The van der Waals surface area contributed by atoms with E-state index in [1.807, 2.05) is 33.3 Å². The van der Waals surface area contributed by atoms with Crippen molar-refractivity contribution in [3.05, 3.63) is 72.9 Å². The molecule has 0 aromatic rings. The zero-order valence-electron chi connectivity index (χ0n) is 51.6. The number of carbonyl (C=O) groups excluding carboxylic acids is 2. The van der Waals surface area contributed by atoms with Gasteiger partial charge < -0.3 is 27.9 Å². The molecule has 0 rings (SSSR count). The highest BCUT2D eigenvalue weighted by Crippen LogP contribution is 2.38. The second-order valence-corrected chi connectivity index (χ2v) is 24.5. The van der Waals surface area contributed by atoms with Crippen LogP contribution in [0.1, 0.15) is 296 Å². The lowest BCUT2D eigenvalue weighted by atomic mass is 10.0. The van der Waals surface area contributed by atoms with Gasteiger partial charge in [0, 0.05) is 12.8 Å². The third-order valence-corrected chi connectivity index (χ3v) is 15.2. The zero-order valence-corrected chi connectivity index (χ0v) is 52.5. The number of carbonyl (C=O) groups is 2. The number of nitrogens with zero attached hydrogens (tertiary/aromatic N) is 1. The van der Waals surface area contributed by atoms with Gasteiger partial charge in [-0.1, -0.05) is 305 Å². The number of unbranched alkanes of at least 4 members (excludes halogenated alkanes) is 34. The summed E-state index contributed by atoms with van der Waals surface area (Å²) in [5.41, 5.74) is 0. The highest BCUT2D eigenvalue weighted by atomic mass is 31.2. The number of likely N-dealkylation sites (N-methyl/N-ethyl adjacent to an activating group) is 1. The van der Waals surface area contributed by atoms with Crippen LogP contribution in [-0.2, 0) is 32.7 Å². The van der Waals surface area contributed by atoms with Crippen LogP contribution in [0.2, 0.25) is 0 Å². The standard InChI is InChI=1S/C68H124NO8P/c1-6-8-10-12-14-16-18-20-22-24-26-27-28-29-30-31-32-33-34-35-36-37-38-39-40-41-43-44-46-48-50-52-54-56-58-60-67(70)74-64-66(65-76-78(72,73)75-63-62-69(3,4)5)77-68(71)61-59-57-55-53-51-49-47-45-42-25-23-21-19-17-15-13-11-9-7-2/h9,11,15,17,21,23,42,45,49,51,55,57,66H,6-8,10,12-14,16,18-20,22,24-41,43-44,46-48,50,52-54,56,58-65H2,1-5H3/b11-9-,17-15-,23-21-,45-42-,51-49-,57-55-. The molecule has 0 N–H and O–H groups in total. The van der Waals surface area contributed by atoms with E-state index in [0.29, 0.717) is 17.4 Å². The average molecular weight is 1110 g/mol. The van der Waals surface area contributed by atoms with Gasteiger partial charge in [-0.2, -0.15) is 0 Å². The summed E-state index contributed by atoms with van der Waals surface area (Å²) in [4.78, 5) is 37.9. The van der Waals surface area contributed by atoms with E-state index in [0.717, 1.165) is 57.8 Å². The van der Waals surface area contributed by atoms with E-state index < -0.39 is 32.5 Å². The molecule has 0 fully saturated rings. The molecule has 9 nitrogen and oxygen atoms in total. The Bertz CT molecular complexity index is 1550. The van der Waals surface area contributed by atoms with Crippen molar-refractivity contribution in [2.75, 3.05) is 47.5 Å². The van der Waals surface area contributed by atoms with E-state index in [1.165, 1.54) is 205 Å². The highest BCUT2D eigenvalue weighted by molar-refractivity contribution is 7.45. The molecule has 0 aliphatic carbocycles. The smallest absolute Gasteiger partial charge is 0.306 e. The Morgan fingerprint density at radius 1 is 0.410 bits per heavy atom. The molecular weight excluding hydrogens is 990 g/mol. The minimum atomic E-state index is -4.66. The van der Waals surface area contributed by atoms with Crippen LogP contribution in [-0.4, -0.2) is 70.0 Å². The van der Waals surface area contributed by atoms with Gasteiger partial charge in [0.05, 0.1) is 27.7 Å². The van der Waals surface area contributed by atoms with E-state index in [-0.39, 0.29) is 26.1 Å². The van der Waals surface area contributed by atoms with Gasteiger partial charge in [-0.25, -0.2) is 0 Å². The van der Waals surface area contributed by atoms with Crippen molar-refractivity contribution < 1.29 is 42.1 Å². The normalized spacial score (nSPS) is 13.7. The third kappa shape index (κ3) is 62.6. The molecular formula is C68H124NO8P. The van der Waals surface area contributed by atoms with E-state index in [4.69, 9.17) is 18.5 Å². The molecule has 2 unspecified atom stereocenters. The lowest BCUT2D eigenvalue weighted by molar-refractivity contribution is -0.870. The molecule has 0 heterocycles. The van der Waals surface area contributed by atoms with E-state index >= 15 is 0 Å². The number of ether oxygens (including phenoxy) is 2. The molecule has 454 valence electrons. The summed E-state index contributed by atoms with van der Waals surface area (Å²) in [5, 5.41) is 0. The van der Waals surface area contributed by atoms with Crippen LogP contribution >= 0.6 is 7.82 Å². The Morgan fingerprint density at radius 3 is 1.06 bits per heavy atom. The number of phosphoric ester groups is 1. The molecule has 0 radical (unpaired) electrons. The largest absolute Gasteiger partial charge is 0.756 e. The van der Waals surface area contributed by atoms with Crippen molar-refractivity contribution in [1.29, 1.82) is 0 Å². The van der Waals surface area contributed by atoms with Crippen molar-refractivity contribution in [1.82, 2.24) is 0 Å². The topological polar surface area (TPSA) is 111 Å². The molecule has 0 amide bonds. The quantitative estimate of drug-likeness (QED) is 0.0195. The number of phosphoric acid groups is 1. The van der Waals surface area contributed by atoms with E-state index in [1.54, 1.807) is 0 Å². The fourth-order valence-corrected chi connectivity index (χ4v) is 10.0. The second kappa shape index (κ2) is 59.1. The molecule has 0 spiro atoms. The molecule has 2 atom stereocenters. The first-order valence-electron chi connectivity index (χ1n) is 32.6. The van der Waals surface area contributed by atoms with Crippen LogP contribution in [0, 0.1) is 0 Å². The maximum atomic E-state index is 12.8. The van der Waals surface area contributed by atoms with Crippen LogP contribution in [0.3, 0.4) is 0 Å². The highest BCUT2D eigenvalue weighted by Gasteiger charge is 2.21. The van der Waals surface area contributed by atoms with Crippen LogP contribution < -0.4 is 4.89 Å². The molecule has 0 bridgehead atoms. The maximum Gasteiger partial charge on any atom is 0.306 e. The Hall–Kier alpha value is -2.55. The fourth-order valence-electron chi connectivity index (χ4n) is 9.27. The Labute approximate surface area is 482 Å². The van der Waals surface area contributed by atoms with Crippen molar-refractivity contribution >= 4 is 19.8 Å². The molecule has 0 aromatic heterocycles. The summed E-state index contributed by atoms with van der Waals surface area (Å²) in [7, 11) is 1.12. The first-order valence-corrected chi connectivity index (χ1v) is 34.1. The van der Waals surface area contributed by atoms with Crippen LogP contribution in [0.4, 0.5) is 0 Å². The van der Waals surface area contributed by atoms with Crippen LogP contribution in [0.25, 0.3) is 0 Å². The van der Waals surface area contributed by atoms with Crippen molar-refractivity contribution in [3.8, 4) is 0 Å². The molecule has 0 aliphatic heterocycles. The molecule has 10 heteroatoms. The lowest BCUT2D eigenvalue weighted by Crippen LogP contribution is -2.37. The fraction of sp³-hybridized carbons (Fsp3) is 0.794. The summed E-state index contributed by atoms with van der Waals surface area (Å²) < 4.78 is 34.1. The number of hydrogen-bond acceptors (Lipinski definition) is 8. The Morgan fingerprint density at radius 2 is 0.731 bits per heavy atom. The molecule has 0 aromatic carbocycles. The summed E-state index contributed by atoms with van der Waals surface area (Å²) >= 11 is 0. The first kappa shape index (κ1) is 75.5. The summed E-state index contributed by atoms with van der Waals surface area (Å²) in [6.07, 6.45) is 78.8. The van der Waals surface area contributed by atoms with Gasteiger partial charge in [0.2, 0.25) is 0 Å². The van der Waals surface area contributed by atoms with Gasteiger partial charge >= 0.3 is 11.9 Å². The van der Waals surface area contributed by atoms with Crippen molar-refractivity contribution in [2.45, 2.75) is 302 Å². The lowest BCUT2D eigenvalue weighted by Gasteiger charge is -2.28. The molecule has 0 saturated heterocycles. The molecule has 78 heavy (non-hydrogen) atoms. The maximum absolute atomic E-state index is 12.8. The Kier molecular flexibility index (Phi) is 57.2. The van der Waals surface area contributed by atoms with Crippen molar-refractivity contribution in [3.63, 3.8) is 0 Å². The summed E-state index contributed by atoms with van der Waals surface area (Å²) in [6.45, 7) is 4.07. The third-order valence-electron chi connectivity index (χ3n) is 14.3. The predicted molar refractivity (Wildman–Crippen MR) is 333 cm³/mol. The van der Waals surface area contributed by atoms with Gasteiger partial charge in [-0.3, -0.25) is 14.2 Å². The minimum absolute atomic E-state index is 0.0462. The van der Waals surface area contributed by atoms with Gasteiger partial charge in [0.25, 0.3) is 7.82 Å². The van der Waals surface area contributed by atoms with Gasteiger partial charge in [0.1, 0.15) is 19.8 Å². The number of quaternary nitrogens is 1. The van der Waals surface area contributed by atoms with Gasteiger partial charge in [-0.15, -0.1) is 0 Å². The summed E-state index contributed by atoms with van der Waals surface area (Å²) in [5.74, 6) is -0.924. The molecule has 0 aliphatic rings. The van der Waals surface area contributed by atoms with E-state index in [2.05, 4.69) is 74.6 Å².